The largest absolute Gasteiger partial charge is 0.488 e. The van der Waals surface area contributed by atoms with E-state index in [0.29, 0.717) is 12.3 Å². The van der Waals surface area contributed by atoms with Crippen LogP contribution in [-0.2, 0) is 11.4 Å². The number of halogens is 1. The molecule has 0 saturated heterocycles. The van der Waals surface area contributed by atoms with Gasteiger partial charge in [0.1, 0.15) is 29.8 Å². The molecule has 0 radical (unpaired) electrons. The second-order valence-corrected chi connectivity index (χ2v) is 7.39. The molecule has 0 aliphatic heterocycles. The standard InChI is InChI=1S/C26H23FN2O2/c1-17-5-4-6-24(11-17)29-26(30)22(15-28)14-21-12-18(2)25(19(3)13-21)31-16-20-7-9-23(27)10-8-20/h4-14H,16H2,1-3H3,(H,29,30)/b22-14+. The highest BCUT2D eigenvalue weighted by atomic mass is 19.1. The Morgan fingerprint density at radius 1 is 1.06 bits per heavy atom. The van der Waals surface area contributed by atoms with Crippen LogP contribution in [0, 0.1) is 37.9 Å². The molecular weight excluding hydrogens is 391 g/mol. The SMILES string of the molecule is Cc1cccc(NC(=O)/C(C#N)=C/c2cc(C)c(OCc3ccc(F)cc3)c(C)c2)c1. The molecule has 0 aromatic heterocycles. The molecular formula is C26H23FN2O2. The van der Waals surface area contributed by atoms with Crippen LogP contribution in [0.25, 0.3) is 6.08 Å². The maximum Gasteiger partial charge on any atom is 0.266 e. The lowest BCUT2D eigenvalue weighted by atomic mass is 10.0. The number of nitrogens with zero attached hydrogens (tertiary/aromatic N) is 1. The van der Waals surface area contributed by atoms with Crippen LogP contribution in [0.2, 0.25) is 0 Å². The summed E-state index contributed by atoms with van der Waals surface area (Å²) >= 11 is 0. The van der Waals surface area contributed by atoms with Crippen molar-refractivity contribution in [2.45, 2.75) is 27.4 Å². The lowest BCUT2D eigenvalue weighted by Gasteiger charge is -2.13. The maximum atomic E-state index is 13.1. The fourth-order valence-corrected chi connectivity index (χ4v) is 3.27. The lowest BCUT2D eigenvalue weighted by Crippen LogP contribution is -2.13. The van der Waals surface area contributed by atoms with Crippen molar-refractivity contribution >= 4 is 17.7 Å². The zero-order valence-electron chi connectivity index (χ0n) is 17.7. The Hall–Kier alpha value is -3.91. The number of carbonyl (C=O) groups is 1. The Labute approximate surface area is 181 Å². The molecule has 0 aliphatic rings. The van der Waals surface area contributed by atoms with Gasteiger partial charge in [-0.1, -0.05) is 24.3 Å². The van der Waals surface area contributed by atoms with Crippen molar-refractivity contribution < 1.29 is 13.9 Å². The minimum absolute atomic E-state index is 0.0142. The molecule has 4 nitrogen and oxygen atoms in total. The smallest absolute Gasteiger partial charge is 0.266 e. The van der Waals surface area contributed by atoms with E-state index in [4.69, 9.17) is 4.74 Å². The number of benzene rings is 3. The van der Waals surface area contributed by atoms with Gasteiger partial charge in [-0.05, 0) is 91.1 Å². The molecule has 0 aliphatic carbocycles. The summed E-state index contributed by atoms with van der Waals surface area (Å²) < 4.78 is 19.0. The van der Waals surface area contributed by atoms with E-state index in [-0.39, 0.29) is 11.4 Å². The van der Waals surface area contributed by atoms with Gasteiger partial charge in [0.2, 0.25) is 0 Å². The van der Waals surface area contributed by atoms with E-state index in [1.165, 1.54) is 12.1 Å². The second kappa shape index (κ2) is 9.73. The number of rotatable bonds is 6. The average molecular weight is 414 g/mol. The van der Waals surface area contributed by atoms with Crippen LogP contribution in [-0.4, -0.2) is 5.91 Å². The van der Waals surface area contributed by atoms with Crippen LogP contribution < -0.4 is 10.1 Å². The van der Waals surface area contributed by atoms with Crippen molar-refractivity contribution in [2.75, 3.05) is 5.32 Å². The van der Waals surface area contributed by atoms with Crippen molar-refractivity contribution in [3.63, 3.8) is 0 Å². The van der Waals surface area contributed by atoms with Gasteiger partial charge >= 0.3 is 0 Å². The Kier molecular flexibility index (Phi) is 6.84. The number of hydrogen-bond donors (Lipinski definition) is 1. The quantitative estimate of drug-likeness (QED) is 0.405. The molecule has 5 heteroatoms. The third-order valence-electron chi connectivity index (χ3n) is 4.73. The van der Waals surface area contributed by atoms with Gasteiger partial charge in [-0.3, -0.25) is 4.79 Å². The van der Waals surface area contributed by atoms with E-state index in [1.807, 2.05) is 57.2 Å². The van der Waals surface area contributed by atoms with E-state index in [2.05, 4.69) is 5.32 Å². The van der Waals surface area contributed by atoms with Crippen LogP contribution in [0.5, 0.6) is 5.75 Å². The molecule has 3 aromatic carbocycles. The van der Waals surface area contributed by atoms with E-state index in [1.54, 1.807) is 24.3 Å². The summed E-state index contributed by atoms with van der Waals surface area (Å²) in [5, 5.41) is 12.2. The number of amides is 1. The topological polar surface area (TPSA) is 62.1 Å². The van der Waals surface area contributed by atoms with Crippen molar-refractivity contribution in [3.8, 4) is 11.8 Å². The normalized spacial score (nSPS) is 11.0. The van der Waals surface area contributed by atoms with Gasteiger partial charge in [-0.2, -0.15) is 5.26 Å². The summed E-state index contributed by atoms with van der Waals surface area (Å²) in [6, 6.07) is 19.3. The molecule has 1 N–H and O–H groups in total. The fourth-order valence-electron chi connectivity index (χ4n) is 3.27. The van der Waals surface area contributed by atoms with Crippen LogP contribution in [0.3, 0.4) is 0 Å². The Morgan fingerprint density at radius 2 is 1.74 bits per heavy atom. The monoisotopic (exact) mass is 414 g/mol. The zero-order valence-corrected chi connectivity index (χ0v) is 17.7. The number of nitriles is 1. The maximum absolute atomic E-state index is 13.1. The summed E-state index contributed by atoms with van der Waals surface area (Å²) in [7, 11) is 0. The third-order valence-corrected chi connectivity index (χ3v) is 4.73. The molecule has 0 saturated carbocycles. The van der Waals surface area contributed by atoms with Gasteiger partial charge in [-0.25, -0.2) is 4.39 Å². The summed E-state index contributed by atoms with van der Waals surface area (Å²) in [6.07, 6.45) is 1.56. The predicted molar refractivity (Wildman–Crippen MR) is 120 cm³/mol. The average Bonchev–Trinajstić information content (AvgIpc) is 2.72. The van der Waals surface area contributed by atoms with Gasteiger partial charge in [0.25, 0.3) is 5.91 Å². The number of hydrogen-bond acceptors (Lipinski definition) is 3. The molecule has 0 unspecified atom stereocenters. The van der Waals surface area contributed by atoms with Gasteiger partial charge in [0.05, 0.1) is 0 Å². The highest BCUT2D eigenvalue weighted by Gasteiger charge is 2.12. The number of carbonyl (C=O) groups excluding carboxylic acids is 1. The molecule has 31 heavy (non-hydrogen) atoms. The Bertz CT molecular complexity index is 1150. The second-order valence-electron chi connectivity index (χ2n) is 7.39. The highest BCUT2D eigenvalue weighted by molar-refractivity contribution is 6.09. The number of aryl methyl sites for hydroxylation is 3. The minimum Gasteiger partial charge on any atom is -0.488 e. The fraction of sp³-hybridized carbons (Fsp3) is 0.154. The number of nitrogens with one attached hydrogen (secondary N) is 1. The minimum atomic E-state index is -0.458. The molecule has 0 spiro atoms. The van der Waals surface area contributed by atoms with E-state index < -0.39 is 5.91 Å². The molecule has 156 valence electrons. The first-order valence-corrected chi connectivity index (χ1v) is 9.84. The summed E-state index contributed by atoms with van der Waals surface area (Å²) in [5.74, 6) is -0.0174. The molecule has 0 fully saturated rings. The molecule has 3 rings (SSSR count). The summed E-state index contributed by atoms with van der Waals surface area (Å²) in [4.78, 5) is 12.5. The molecule has 1 amide bonds. The Morgan fingerprint density at radius 3 is 2.35 bits per heavy atom. The van der Waals surface area contributed by atoms with E-state index in [0.717, 1.165) is 33.6 Å². The summed E-state index contributed by atoms with van der Waals surface area (Å²) in [5.41, 5.74) is 5.03. The number of anilines is 1. The van der Waals surface area contributed by atoms with Crippen molar-refractivity contribution in [3.05, 3.63) is 99.9 Å². The van der Waals surface area contributed by atoms with Crippen molar-refractivity contribution in [2.24, 2.45) is 0 Å². The zero-order chi connectivity index (χ0) is 22.4. The lowest BCUT2D eigenvalue weighted by molar-refractivity contribution is -0.112. The van der Waals surface area contributed by atoms with Gasteiger partial charge in [0, 0.05) is 5.69 Å². The third kappa shape index (κ3) is 5.80. The van der Waals surface area contributed by atoms with Crippen LogP contribution >= 0.6 is 0 Å². The highest BCUT2D eigenvalue weighted by Crippen LogP contribution is 2.27. The van der Waals surface area contributed by atoms with Gasteiger partial charge in [-0.15, -0.1) is 0 Å². The summed E-state index contributed by atoms with van der Waals surface area (Å²) in [6.45, 7) is 6.06. The van der Waals surface area contributed by atoms with Crippen LogP contribution in [0.15, 0.2) is 66.2 Å². The van der Waals surface area contributed by atoms with Gasteiger partial charge < -0.3 is 10.1 Å². The van der Waals surface area contributed by atoms with Crippen LogP contribution in [0.4, 0.5) is 10.1 Å². The first-order valence-electron chi connectivity index (χ1n) is 9.84. The molecule has 0 heterocycles. The predicted octanol–water partition coefficient (Wildman–Crippen LogP) is 5.88. The molecule has 0 bridgehead atoms. The van der Waals surface area contributed by atoms with Gasteiger partial charge in [0.15, 0.2) is 0 Å². The van der Waals surface area contributed by atoms with Crippen molar-refractivity contribution in [1.29, 1.82) is 5.26 Å². The first kappa shape index (κ1) is 21.8. The van der Waals surface area contributed by atoms with E-state index in [9.17, 15) is 14.4 Å². The van der Waals surface area contributed by atoms with Crippen LogP contribution in [0.1, 0.15) is 27.8 Å². The molecule has 3 aromatic rings. The van der Waals surface area contributed by atoms with E-state index >= 15 is 0 Å². The first-order chi connectivity index (χ1) is 14.9. The molecule has 0 atom stereocenters. The Balaban J connectivity index is 1.76. The number of ether oxygens (including phenoxy) is 1. The van der Waals surface area contributed by atoms with Crippen molar-refractivity contribution in [1.82, 2.24) is 0 Å².